The van der Waals surface area contributed by atoms with Crippen LogP contribution in [0.2, 0.25) is 5.02 Å². The number of nitrogens with zero attached hydrogens (tertiary/aromatic N) is 4. The Kier molecular flexibility index (Phi) is 6.33. The van der Waals surface area contributed by atoms with Gasteiger partial charge in [-0.3, -0.25) is 14.9 Å². The first-order valence-electron chi connectivity index (χ1n) is 10.5. The van der Waals surface area contributed by atoms with Gasteiger partial charge in [-0.15, -0.1) is 0 Å². The fourth-order valence-electron chi connectivity index (χ4n) is 3.69. The van der Waals surface area contributed by atoms with Crippen molar-refractivity contribution in [2.45, 2.75) is 13.5 Å². The Morgan fingerprint density at radius 3 is 2.83 bits per heavy atom. The lowest BCUT2D eigenvalue weighted by Crippen LogP contribution is -2.20. The fraction of sp³-hybridized carbons (Fsp3) is 0.125. The average molecular weight is 572 g/mol. The van der Waals surface area contributed by atoms with Crippen LogP contribution in [0.4, 0.5) is 5.69 Å². The van der Waals surface area contributed by atoms with E-state index in [1.165, 1.54) is 18.3 Å². The predicted molar refractivity (Wildman–Crippen MR) is 136 cm³/mol. The first-order chi connectivity index (χ1) is 17.3. The Labute approximate surface area is 217 Å². The van der Waals surface area contributed by atoms with Crippen LogP contribution in [0.1, 0.15) is 17.0 Å². The molecule has 4 aromatic rings. The van der Waals surface area contributed by atoms with Crippen molar-refractivity contribution in [2.24, 2.45) is 5.10 Å². The van der Waals surface area contributed by atoms with Crippen LogP contribution < -0.4 is 19.8 Å². The fourth-order valence-corrected chi connectivity index (χ4v) is 4.27. The van der Waals surface area contributed by atoms with Gasteiger partial charge in [0.05, 0.1) is 22.0 Å². The van der Waals surface area contributed by atoms with Gasteiger partial charge < -0.3 is 14.2 Å². The molecule has 3 aromatic carbocycles. The third kappa shape index (κ3) is 4.62. The molecule has 1 aromatic heterocycles. The summed E-state index contributed by atoms with van der Waals surface area (Å²) >= 11 is 9.50. The van der Waals surface area contributed by atoms with Crippen molar-refractivity contribution in [2.75, 3.05) is 6.79 Å². The molecule has 5 rings (SSSR count). The summed E-state index contributed by atoms with van der Waals surface area (Å²) in [7, 11) is 0. The highest BCUT2D eigenvalue weighted by molar-refractivity contribution is 9.10. The van der Waals surface area contributed by atoms with Gasteiger partial charge >= 0.3 is 5.69 Å². The van der Waals surface area contributed by atoms with Gasteiger partial charge in [0.1, 0.15) is 12.4 Å². The van der Waals surface area contributed by atoms with Crippen LogP contribution >= 0.6 is 27.5 Å². The molecule has 12 heteroatoms. The number of benzene rings is 3. The summed E-state index contributed by atoms with van der Waals surface area (Å²) in [5.74, 6) is 1.47. The lowest BCUT2D eigenvalue weighted by atomic mass is 10.1. The summed E-state index contributed by atoms with van der Waals surface area (Å²) in [6.45, 7) is 1.77. The Morgan fingerprint density at radius 1 is 1.22 bits per heavy atom. The van der Waals surface area contributed by atoms with E-state index in [-0.39, 0.29) is 35.4 Å². The van der Waals surface area contributed by atoms with Gasteiger partial charge in [0.25, 0.3) is 5.56 Å². The molecule has 0 radical (unpaired) electrons. The van der Waals surface area contributed by atoms with Gasteiger partial charge in [-0.1, -0.05) is 33.6 Å². The minimum absolute atomic E-state index is 0.00445. The van der Waals surface area contributed by atoms with Gasteiger partial charge in [0.15, 0.2) is 11.5 Å². The standard InChI is InChI=1S/C24H16BrClN4O6/c1-13-28-19-4-3-16(25)8-18(19)24(31)29(13)27-10-15-7-17(26)9-20(30(32)33)23(15)34-11-14-2-5-21-22(6-14)36-12-35-21/h2-10H,11-12H2,1H3. The smallest absolute Gasteiger partial charge is 0.313 e. The molecule has 1 aliphatic heterocycles. The molecule has 182 valence electrons. The number of aromatic nitrogens is 2. The van der Waals surface area contributed by atoms with E-state index in [0.29, 0.717) is 33.8 Å². The van der Waals surface area contributed by atoms with E-state index in [1.54, 1.807) is 43.3 Å². The second-order valence-corrected chi connectivity index (χ2v) is 9.11. The largest absolute Gasteiger partial charge is 0.481 e. The maximum atomic E-state index is 13.1. The number of nitro groups is 1. The second kappa shape index (κ2) is 9.59. The highest BCUT2D eigenvalue weighted by atomic mass is 79.9. The molecule has 36 heavy (non-hydrogen) atoms. The monoisotopic (exact) mass is 570 g/mol. The van der Waals surface area contributed by atoms with E-state index in [1.807, 2.05) is 0 Å². The number of ether oxygens (including phenoxy) is 3. The van der Waals surface area contributed by atoms with Gasteiger partial charge in [-0.2, -0.15) is 9.78 Å². The first kappa shape index (κ1) is 23.8. The lowest BCUT2D eigenvalue weighted by molar-refractivity contribution is -0.385. The van der Waals surface area contributed by atoms with E-state index in [9.17, 15) is 14.9 Å². The van der Waals surface area contributed by atoms with Gasteiger partial charge in [-0.25, -0.2) is 4.98 Å². The third-order valence-electron chi connectivity index (χ3n) is 5.36. The predicted octanol–water partition coefficient (Wildman–Crippen LogP) is 5.22. The second-order valence-electron chi connectivity index (χ2n) is 7.76. The van der Waals surface area contributed by atoms with Crippen molar-refractivity contribution in [3.8, 4) is 17.2 Å². The summed E-state index contributed by atoms with van der Waals surface area (Å²) in [6.07, 6.45) is 1.29. The van der Waals surface area contributed by atoms with Crippen LogP contribution in [-0.4, -0.2) is 27.6 Å². The summed E-state index contributed by atoms with van der Waals surface area (Å²) in [4.78, 5) is 28.7. The van der Waals surface area contributed by atoms with Crippen molar-refractivity contribution in [1.29, 1.82) is 0 Å². The number of rotatable bonds is 6. The zero-order valence-corrected chi connectivity index (χ0v) is 20.9. The lowest BCUT2D eigenvalue weighted by Gasteiger charge is -2.11. The number of hydrogen-bond acceptors (Lipinski definition) is 8. The van der Waals surface area contributed by atoms with Gasteiger partial charge in [-0.05, 0) is 48.9 Å². The summed E-state index contributed by atoms with van der Waals surface area (Å²) in [5.41, 5.74) is 0.723. The van der Waals surface area contributed by atoms with E-state index < -0.39 is 10.5 Å². The van der Waals surface area contributed by atoms with E-state index in [0.717, 1.165) is 9.15 Å². The molecule has 0 N–H and O–H groups in total. The van der Waals surface area contributed by atoms with Crippen molar-refractivity contribution in [1.82, 2.24) is 9.66 Å². The number of fused-ring (bicyclic) bond motifs is 2. The SMILES string of the molecule is Cc1nc2ccc(Br)cc2c(=O)n1N=Cc1cc(Cl)cc([N+](=O)[O-])c1OCc1ccc2c(c1)OCO2. The summed E-state index contributed by atoms with van der Waals surface area (Å²) in [5, 5.41) is 16.5. The number of aryl methyl sites for hydroxylation is 1. The van der Waals surface area contributed by atoms with Crippen molar-refractivity contribution < 1.29 is 19.1 Å². The van der Waals surface area contributed by atoms with Crippen LogP contribution in [0.3, 0.4) is 0 Å². The molecule has 0 unspecified atom stereocenters. The molecule has 0 amide bonds. The quantitative estimate of drug-likeness (QED) is 0.177. The van der Waals surface area contributed by atoms with Crippen LogP contribution in [0.5, 0.6) is 17.2 Å². The molecule has 0 atom stereocenters. The molecule has 0 fully saturated rings. The van der Waals surface area contributed by atoms with Crippen molar-refractivity contribution in [3.63, 3.8) is 0 Å². The van der Waals surface area contributed by atoms with Crippen LogP contribution in [0.25, 0.3) is 10.9 Å². The molecular weight excluding hydrogens is 556 g/mol. The number of halogens is 2. The minimum Gasteiger partial charge on any atom is -0.481 e. The average Bonchev–Trinajstić information content (AvgIpc) is 3.31. The minimum atomic E-state index is -0.593. The molecule has 0 spiro atoms. The van der Waals surface area contributed by atoms with Crippen molar-refractivity contribution >= 4 is 50.3 Å². The Balaban J connectivity index is 1.53. The van der Waals surface area contributed by atoms with Crippen LogP contribution in [0.15, 0.2) is 62.9 Å². The third-order valence-corrected chi connectivity index (χ3v) is 6.07. The molecule has 0 saturated heterocycles. The summed E-state index contributed by atoms with van der Waals surface area (Å²) < 4.78 is 18.4. The normalized spacial score (nSPS) is 12.4. The van der Waals surface area contributed by atoms with E-state index in [2.05, 4.69) is 26.0 Å². The van der Waals surface area contributed by atoms with Crippen LogP contribution in [0, 0.1) is 17.0 Å². The zero-order valence-electron chi connectivity index (χ0n) is 18.6. The molecule has 1 aliphatic rings. The maximum absolute atomic E-state index is 13.1. The van der Waals surface area contributed by atoms with E-state index in [4.69, 9.17) is 25.8 Å². The highest BCUT2D eigenvalue weighted by Gasteiger charge is 2.22. The molecule has 0 bridgehead atoms. The van der Waals surface area contributed by atoms with Gasteiger partial charge in [0.2, 0.25) is 12.5 Å². The number of hydrogen-bond donors (Lipinski definition) is 0. The topological polar surface area (TPSA) is 118 Å². The summed E-state index contributed by atoms with van der Waals surface area (Å²) in [6, 6.07) is 13.1. The highest BCUT2D eigenvalue weighted by Crippen LogP contribution is 2.36. The molecule has 0 saturated carbocycles. The molecular formula is C24H16BrClN4O6. The number of nitro benzene ring substituents is 1. The maximum Gasteiger partial charge on any atom is 0.313 e. The molecule has 0 aliphatic carbocycles. The van der Waals surface area contributed by atoms with Gasteiger partial charge in [0, 0.05) is 21.1 Å². The zero-order chi connectivity index (χ0) is 25.4. The van der Waals surface area contributed by atoms with Crippen molar-refractivity contribution in [3.05, 3.63) is 95.4 Å². The first-order valence-corrected chi connectivity index (χ1v) is 11.7. The van der Waals surface area contributed by atoms with Crippen LogP contribution in [-0.2, 0) is 6.61 Å². The Bertz CT molecular complexity index is 1620. The molecule has 10 nitrogen and oxygen atoms in total. The Morgan fingerprint density at radius 2 is 2.03 bits per heavy atom. The van der Waals surface area contributed by atoms with E-state index >= 15 is 0 Å². The Hall–Kier alpha value is -3.96. The molecule has 2 heterocycles.